The summed E-state index contributed by atoms with van der Waals surface area (Å²) >= 11 is 0. The minimum absolute atomic E-state index is 0.329. The first kappa shape index (κ1) is 21.4. The van der Waals surface area contributed by atoms with E-state index < -0.39 is 12.1 Å². The van der Waals surface area contributed by atoms with E-state index in [0.29, 0.717) is 40.8 Å². The number of rotatable bonds is 8. The highest BCUT2D eigenvalue weighted by Gasteiger charge is 2.10. The number of hydrogen-bond acceptors (Lipinski definition) is 6. The van der Waals surface area contributed by atoms with Crippen molar-refractivity contribution >= 4 is 11.4 Å². The van der Waals surface area contributed by atoms with Crippen LogP contribution >= 0.6 is 0 Å². The minimum Gasteiger partial charge on any atom is -0.457 e. The molecule has 0 amide bonds. The normalized spacial score (nSPS) is 10.9. The standard InChI is InChI=1S/C24H23FN4O3/c1-15-3-2-4-17(9-15)28-14-29-21-6-5-18(11-20(21)25)32-19-7-8-26-23(12-19)22-10-16(13-27-22)24(30)31/h2-13,24,27-31H,14H2,1H3. The summed E-state index contributed by atoms with van der Waals surface area (Å²) in [6.07, 6.45) is 1.48. The van der Waals surface area contributed by atoms with E-state index >= 15 is 0 Å². The molecule has 0 aliphatic carbocycles. The summed E-state index contributed by atoms with van der Waals surface area (Å²) in [5.41, 5.74) is 3.93. The quantitative estimate of drug-likeness (QED) is 0.256. The maximum Gasteiger partial charge on any atom is 0.179 e. The maximum absolute atomic E-state index is 14.5. The fourth-order valence-electron chi connectivity index (χ4n) is 3.17. The molecule has 8 heteroatoms. The Morgan fingerprint density at radius 2 is 1.88 bits per heavy atom. The van der Waals surface area contributed by atoms with Crippen LogP contribution in [-0.2, 0) is 0 Å². The van der Waals surface area contributed by atoms with Gasteiger partial charge in [-0.3, -0.25) is 4.98 Å². The molecule has 0 radical (unpaired) electrons. The zero-order chi connectivity index (χ0) is 22.5. The Labute approximate surface area is 184 Å². The molecule has 0 aliphatic heterocycles. The van der Waals surface area contributed by atoms with E-state index in [4.69, 9.17) is 4.74 Å². The zero-order valence-corrected chi connectivity index (χ0v) is 17.3. The molecule has 0 unspecified atom stereocenters. The van der Waals surface area contributed by atoms with E-state index in [1.165, 1.54) is 12.3 Å². The van der Waals surface area contributed by atoms with E-state index in [2.05, 4.69) is 20.6 Å². The Hall–Kier alpha value is -3.88. The molecular weight excluding hydrogens is 411 g/mol. The van der Waals surface area contributed by atoms with Crippen molar-refractivity contribution in [3.63, 3.8) is 0 Å². The number of nitrogens with one attached hydrogen (secondary N) is 3. The summed E-state index contributed by atoms with van der Waals surface area (Å²) in [6, 6.07) is 17.4. The number of aromatic nitrogens is 2. The Morgan fingerprint density at radius 3 is 2.62 bits per heavy atom. The van der Waals surface area contributed by atoms with E-state index in [1.807, 2.05) is 31.2 Å². The lowest BCUT2D eigenvalue weighted by Crippen LogP contribution is -2.12. The van der Waals surface area contributed by atoms with Crippen molar-refractivity contribution in [3.8, 4) is 22.9 Å². The van der Waals surface area contributed by atoms with E-state index in [-0.39, 0.29) is 0 Å². The van der Waals surface area contributed by atoms with Crippen LogP contribution in [0.25, 0.3) is 11.4 Å². The molecule has 0 aliphatic rings. The van der Waals surface area contributed by atoms with Gasteiger partial charge in [-0.25, -0.2) is 4.39 Å². The average Bonchev–Trinajstić information content (AvgIpc) is 3.26. The molecule has 2 aromatic heterocycles. The minimum atomic E-state index is -1.57. The van der Waals surface area contributed by atoms with Gasteiger partial charge in [0.25, 0.3) is 0 Å². The van der Waals surface area contributed by atoms with Gasteiger partial charge >= 0.3 is 0 Å². The first-order chi connectivity index (χ1) is 15.5. The molecule has 4 aromatic rings. The molecule has 2 aromatic carbocycles. The topological polar surface area (TPSA) is 102 Å². The van der Waals surface area contributed by atoms with Crippen molar-refractivity contribution in [3.05, 3.63) is 90.0 Å². The molecule has 7 nitrogen and oxygen atoms in total. The molecule has 0 spiro atoms. The van der Waals surface area contributed by atoms with Crippen molar-refractivity contribution in [1.29, 1.82) is 0 Å². The predicted octanol–water partition coefficient (Wildman–Crippen LogP) is 4.78. The summed E-state index contributed by atoms with van der Waals surface area (Å²) in [5.74, 6) is 0.375. The Bertz CT molecular complexity index is 1210. The number of ether oxygens (including phenoxy) is 1. The van der Waals surface area contributed by atoms with Gasteiger partial charge in [-0.2, -0.15) is 0 Å². The maximum atomic E-state index is 14.5. The second-order valence-corrected chi connectivity index (χ2v) is 7.24. The number of nitrogens with zero attached hydrogens (tertiary/aromatic N) is 1. The van der Waals surface area contributed by atoms with Crippen LogP contribution in [0.15, 0.2) is 73.1 Å². The predicted molar refractivity (Wildman–Crippen MR) is 121 cm³/mol. The summed E-state index contributed by atoms with van der Waals surface area (Å²) in [4.78, 5) is 7.19. The SMILES string of the molecule is Cc1cccc(NCNc2ccc(Oc3ccnc(-c4cc(C(O)O)c[nH]4)c3)cc2F)c1. The van der Waals surface area contributed by atoms with Gasteiger partial charge in [0.2, 0.25) is 0 Å². The van der Waals surface area contributed by atoms with Gasteiger partial charge in [-0.05, 0) is 48.9 Å². The summed E-state index contributed by atoms with van der Waals surface area (Å²) in [6.45, 7) is 2.38. The van der Waals surface area contributed by atoms with Crippen molar-refractivity contribution in [2.24, 2.45) is 0 Å². The first-order valence-corrected chi connectivity index (χ1v) is 10.0. The monoisotopic (exact) mass is 434 g/mol. The van der Waals surface area contributed by atoms with E-state index in [1.54, 1.807) is 36.5 Å². The zero-order valence-electron chi connectivity index (χ0n) is 17.3. The Morgan fingerprint density at radius 1 is 1.03 bits per heavy atom. The molecule has 0 atom stereocenters. The number of benzene rings is 2. The molecule has 0 bridgehead atoms. The highest BCUT2D eigenvalue weighted by molar-refractivity contribution is 5.58. The van der Waals surface area contributed by atoms with Gasteiger partial charge in [-0.1, -0.05) is 12.1 Å². The lowest BCUT2D eigenvalue weighted by molar-refractivity contribution is -0.0423. The average molecular weight is 434 g/mol. The van der Waals surface area contributed by atoms with Crippen LogP contribution in [0.1, 0.15) is 17.4 Å². The summed E-state index contributed by atoms with van der Waals surface area (Å²) in [7, 11) is 0. The molecule has 5 N–H and O–H groups in total. The molecule has 164 valence electrons. The van der Waals surface area contributed by atoms with Crippen LogP contribution in [0.2, 0.25) is 0 Å². The summed E-state index contributed by atoms with van der Waals surface area (Å²) in [5, 5.41) is 24.7. The van der Waals surface area contributed by atoms with Crippen molar-refractivity contribution in [2.75, 3.05) is 17.3 Å². The number of anilines is 2. The number of halogens is 1. The number of aromatic amines is 1. The third-order valence-corrected chi connectivity index (χ3v) is 4.78. The molecule has 0 saturated heterocycles. The van der Waals surface area contributed by atoms with Gasteiger partial charge in [0.1, 0.15) is 17.3 Å². The fourth-order valence-corrected chi connectivity index (χ4v) is 3.17. The molecule has 0 fully saturated rings. The number of aliphatic hydroxyl groups is 2. The van der Waals surface area contributed by atoms with Crippen LogP contribution in [0.5, 0.6) is 11.5 Å². The lowest BCUT2D eigenvalue weighted by atomic mass is 10.2. The number of H-pyrrole nitrogens is 1. The number of aryl methyl sites for hydroxylation is 1. The van der Waals surface area contributed by atoms with Gasteiger partial charge in [-0.15, -0.1) is 0 Å². The molecule has 4 rings (SSSR count). The second-order valence-electron chi connectivity index (χ2n) is 7.24. The van der Waals surface area contributed by atoms with Crippen LogP contribution < -0.4 is 15.4 Å². The fraction of sp³-hybridized carbons (Fsp3) is 0.125. The lowest BCUT2D eigenvalue weighted by Gasteiger charge is -2.12. The van der Waals surface area contributed by atoms with Gasteiger partial charge in [0.05, 0.1) is 23.7 Å². The number of hydrogen-bond donors (Lipinski definition) is 5. The molecule has 32 heavy (non-hydrogen) atoms. The van der Waals surface area contributed by atoms with Crippen LogP contribution in [0.3, 0.4) is 0 Å². The Kier molecular flexibility index (Phi) is 6.34. The van der Waals surface area contributed by atoms with Crippen molar-refractivity contribution in [1.82, 2.24) is 9.97 Å². The van der Waals surface area contributed by atoms with Crippen LogP contribution in [0.4, 0.5) is 15.8 Å². The van der Waals surface area contributed by atoms with Crippen molar-refractivity contribution < 1.29 is 19.3 Å². The second kappa shape index (κ2) is 9.51. The van der Waals surface area contributed by atoms with Crippen LogP contribution in [-0.4, -0.2) is 26.8 Å². The van der Waals surface area contributed by atoms with Crippen LogP contribution in [0, 0.1) is 12.7 Å². The first-order valence-electron chi connectivity index (χ1n) is 10.0. The van der Waals surface area contributed by atoms with E-state index in [0.717, 1.165) is 11.3 Å². The number of aliphatic hydroxyl groups excluding tert-OH is 1. The smallest absolute Gasteiger partial charge is 0.179 e. The van der Waals surface area contributed by atoms with Crippen molar-refractivity contribution in [2.45, 2.75) is 13.2 Å². The van der Waals surface area contributed by atoms with E-state index in [9.17, 15) is 14.6 Å². The van der Waals surface area contributed by atoms with Gasteiger partial charge in [0, 0.05) is 35.8 Å². The molecule has 2 heterocycles. The third kappa shape index (κ3) is 5.23. The number of pyridine rings is 1. The summed E-state index contributed by atoms with van der Waals surface area (Å²) < 4.78 is 20.3. The molecular formula is C24H23FN4O3. The third-order valence-electron chi connectivity index (χ3n) is 4.78. The van der Waals surface area contributed by atoms with Gasteiger partial charge in [0.15, 0.2) is 6.29 Å². The molecule has 0 saturated carbocycles. The highest BCUT2D eigenvalue weighted by Crippen LogP contribution is 2.28. The highest BCUT2D eigenvalue weighted by atomic mass is 19.1. The van der Waals surface area contributed by atoms with Gasteiger partial charge < -0.3 is 30.6 Å². The Balaban J connectivity index is 1.40. The largest absolute Gasteiger partial charge is 0.457 e.